The minimum atomic E-state index is -0.453. The molecule has 3 aliphatic rings. The average Bonchev–Trinajstić information content (AvgIpc) is 3.38. The van der Waals surface area contributed by atoms with Crippen molar-refractivity contribution in [1.82, 2.24) is 15.1 Å². The summed E-state index contributed by atoms with van der Waals surface area (Å²) in [6.45, 7) is 5.67. The van der Waals surface area contributed by atoms with E-state index in [0.717, 1.165) is 35.7 Å². The molecule has 1 aromatic heterocycles. The quantitative estimate of drug-likeness (QED) is 0.559. The van der Waals surface area contributed by atoms with Gasteiger partial charge in [-0.2, -0.15) is 5.10 Å². The molecule has 1 saturated carbocycles. The molecule has 3 heterocycles. The smallest absolute Gasteiger partial charge is 0.269 e. The van der Waals surface area contributed by atoms with Crippen LogP contribution >= 0.6 is 0 Å². The molecular weight excluding hydrogens is 470 g/mol. The first-order valence-corrected chi connectivity index (χ1v) is 12.8. The van der Waals surface area contributed by atoms with E-state index in [-0.39, 0.29) is 25.1 Å². The summed E-state index contributed by atoms with van der Waals surface area (Å²) < 4.78 is 6.96. The van der Waals surface area contributed by atoms with Crippen molar-refractivity contribution in [3.63, 3.8) is 0 Å². The van der Waals surface area contributed by atoms with Gasteiger partial charge in [-0.15, -0.1) is 0 Å². The fourth-order valence-electron chi connectivity index (χ4n) is 5.55. The molecule has 3 N–H and O–H groups in total. The second-order valence-corrected chi connectivity index (χ2v) is 10.4. The number of aromatic nitrogens is 2. The molecule has 1 atom stereocenters. The lowest BCUT2D eigenvalue weighted by atomic mass is 9.69. The summed E-state index contributed by atoms with van der Waals surface area (Å²) >= 11 is 0. The number of fused-ring (bicyclic) bond motifs is 2. The molecule has 3 amide bonds. The third kappa shape index (κ3) is 6.04. The maximum Gasteiger partial charge on any atom is 0.269 e. The van der Waals surface area contributed by atoms with Crippen LogP contribution in [-0.2, 0) is 26.8 Å². The van der Waals surface area contributed by atoms with Gasteiger partial charge in [0.2, 0.25) is 11.8 Å². The van der Waals surface area contributed by atoms with E-state index >= 15 is 0 Å². The molecule has 5 rings (SSSR count). The summed E-state index contributed by atoms with van der Waals surface area (Å²) in [5.41, 5.74) is 2.75. The Balaban J connectivity index is 0.000000293. The first kappa shape index (κ1) is 28.4. The third-order valence-electron chi connectivity index (χ3n) is 7.85. The zero-order valence-electron chi connectivity index (χ0n) is 21.6. The number of amides is 3. The van der Waals surface area contributed by atoms with Crippen LogP contribution in [0.15, 0.2) is 30.5 Å². The summed E-state index contributed by atoms with van der Waals surface area (Å²) in [5, 5.41) is 12.4. The topological polar surface area (TPSA) is 114 Å². The molecule has 1 saturated heterocycles. The van der Waals surface area contributed by atoms with Crippen LogP contribution in [0, 0.1) is 17.8 Å². The van der Waals surface area contributed by atoms with Gasteiger partial charge in [0, 0.05) is 51.3 Å². The highest BCUT2D eigenvalue weighted by Crippen LogP contribution is 2.45. The van der Waals surface area contributed by atoms with Gasteiger partial charge in [-0.25, -0.2) is 0 Å². The number of aryl methyl sites for hydroxylation is 1. The van der Waals surface area contributed by atoms with Gasteiger partial charge in [0.15, 0.2) is 0 Å². The highest BCUT2D eigenvalue weighted by Gasteiger charge is 2.47. The number of carbonyl (C=O) groups is 3. The second-order valence-electron chi connectivity index (χ2n) is 10.4. The van der Waals surface area contributed by atoms with Crippen molar-refractivity contribution in [2.75, 3.05) is 30.9 Å². The van der Waals surface area contributed by atoms with Gasteiger partial charge in [0.05, 0.1) is 5.41 Å². The zero-order valence-corrected chi connectivity index (χ0v) is 21.6. The molecule has 9 heteroatoms. The van der Waals surface area contributed by atoms with Crippen molar-refractivity contribution < 1.29 is 19.1 Å². The number of nitrogens with zero attached hydrogens (tertiary/aromatic N) is 2. The van der Waals surface area contributed by atoms with Crippen LogP contribution < -0.4 is 16.0 Å². The van der Waals surface area contributed by atoms with Gasteiger partial charge in [-0.1, -0.05) is 27.3 Å². The van der Waals surface area contributed by atoms with E-state index in [4.69, 9.17) is 4.74 Å². The maximum atomic E-state index is 12.6. The summed E-state index contributed by atoms with van der Waals surface area (Å²) in [6.07, 6.45) is 6.06. The van der Waals surface area contributed by atoms with Gasteiger partial charge >= 0.3 is 0 Å². The first-order valence-electron chi connectivity index (χ1n) is 12.8. The largest absolute Gasteiger partial charge is 0.381 e. The van der Waals surface area contributed by atoms with Crippen LogP contribution in [0.5, 0.6) is 0 Å². The van der Waals surface area contributed by atoms with Gasteiger partial charge in [-0.05, 0) is 67.2 Å². The number of hydrogen-bond donors (Lipinski definition) is 3. The molecule has 1 spiro atoms. The monoisotopic (exact) mass is 511 g/mol. The number of rotatable bonds is 5. The van der Waals surface area contributed by atoms with Crippen LogP contribution in [0.3, 0.4) is 0 Å². The van der Waals surface area contributed by atoms with E-state index < -0.39 is 5.41 Å². The lowest BCUT2D eigenvalue weighted by Gasteiger charge is -2.37. The van der Waals surface area contributed by atoms with Crippen molar-refractivity contribution >= 4 is 29.1 Å². The first-order chi connectivity index (χ1) is 17.2. The maximum absolute atomic E-state index is 12.6. The molecule has 1 unspecified atom stereocenters. The minimum Gasteiger partial charge on any atom is -0.381 e. The Kier molecular flexibility index (Phi) is 9.12. The van der Waals surface area contributed by atoms with Crippen molar-refractivity contribution in [3.8, 4) is 0 Å². The molecular formula is C28H41N5O4. The van der Waals surface area contributed by atoms with Crippen molar-refractivity contribution in [2.45, 2.75) is 58.8 Å². The van der Waals surface area contributed by atoms with Gasteiger partial charge in [0.25, 0.3) is 5.91 Å². The minimum absolute atomic E-state index is 0. The fraction of sp³-hybridized carbons (Fsp3) is 0.571. The highest BCUT2D eigenvalue weighted by atomic mass is 16.5. The van der Waals surface area contributed by atoms with E-state index in [9.17, 15) is 14.4 Å². The average molecular weight is 512 g/mol. The molecule has 2 fully saturated rings. The van der Waals surface area contributed by atoms with Crippen molar-refractivity contribution in [3.05, 3.63) is 41.7 Å². The molecule has 0 radical (unpaired) electrons. The van der Waals surface area contributed by atoms with Crippen LogP contribution in [0.2, 0.25) is 0 Å². The van der Waals surface area contributed by atoms with Crippen LogP contribution in [0.4, 0.5) is 11.4 Å². The Morgan fingerprint density at radius 2 is 1.95 bits per heavy atom. The van der Waals surface area contributed by atoms with Gasteiger partial charge < -0.3 is 20.7 Å². The number of ether oxygens (including phenoxy) is 1. The normalized spacial score (nSPS) is 21.8. The molecule has 2 aromatic rings. The van der Waals surface area contributed by atoms with Crippen LogP contribution in [0.1, 0.15) is 69.4 Å². The number of hydrogen-bond acceptors (Lipinski definition) is 5. The highest BCUT2D eigenvalue weighted by molar-refractivity contribution is 6.07. The van der Waals surface area contributed by atoms with Crippen molar-refractivity contribution in [1.29, 1.82) is 0 Å². The molecule has 9 nitrogen and oxygen atoms in total. The van der Waals surface area contributed by atoms with E-state index in [1.165, 1.54) is 17.5 Å². The molecule has 1 aliphatic carbocycles. The Hall–Kier alpha value is -3.20. The zero-order chi connectivity index (χ0) is 25.9. The number of carbonyl (C=O) groups excluding carboxylic acids is 3. The summed E-state index contributed by atoms with van der Waals surface area (Å²) in [4.78, 5) is 35.9. The van der Waals surface area contributed by atoms with Gasteiger partial charge in [-0.3, -0.25) is 19.1 Å². The van der Waals surface area contributed by atoms with Crippen LogP contribution in [-0.4, -0.2) is 47.8 Å². The van der Waals surface area contributed by atoms with Crippen LogP contribution in [0.25, 0.3) is 0 Å². The van der Waals surface area contributed by atoms with E-state index in [0.29, 0.717) is 37.2 Å². The van der Waals surface area contributed by atoms with Gasteiger partial charge in [0.1, 0.15) is 5.69 Å². The van der Waals surface area contributed by atoms with Crippen molar-refractivity contribution in [2.24, 2.45) is 24.8 Å². The molecule has 1 aromatic carbocycles. The summed E-state index contributed by atoms with van der Waals surface area (Å²) in [6, 6.07) is 7.47. The van der Waals surface area contributed by atoms with E-state index in [2.05, 4.69) is 34.9 Å². The summed E-state index contributed by atoms with van der Waals surface area (Å²) in [5.74, 6) is 1.92. The molecule has 202 valence electrons. The van der Waals surface area contributed by atoms with E-state index in [1.807, 2.05) is 18.2 Å². The predicted octanol–water partition coefficient (Wildman–Crippen LogP) is 4.11. The third-order valence-corrected chi connectivity index (χ3v) is 7.85. The fourth-order valence-corrected chi connectivity index (χ4v) is 5.55. The SMILES string of the molecule is C.CC1CC(C(C)CC(=O)Nc2ccc3c(c2)NC(=O)C32CCOCC2)C1.CNC(=O)c1ccnn1C. The lowest BCUT2D eigenvalue weighted by molar-refractivity contribution is -0.124. The van der Waals surface area contributed by atoms with E-state index in [1.54, 1.807) is 26.4 Å². The Morgan fingerprint density at radius 3 is 2.54 bits per heavy atom. The standard InChI is InChI=1S/C21H28N2O3.C6H9N3O.CH4/c1-13-9-15(10-13)14(2)11-19(24)22-16-3-4-17-18(12-16)23-20(25)21(17)5-7-26-8-6-21;1-7-6(10)5-3-4-8-9(5)2;/h3-4,12-15H,5-11H2,1-2H3,(H,22,24)(H,23,25);3-4H,1-2H3,(H,7,10);1H4. The number of benzene rings is 1. The molecule has 0 bridgehead atoms. The molecule has 2 aliphatic heterocycles. The molecule has 37 heavy (non-hydrogen) atoms. The Morgan fingerprint density at radius 1 is 1.24 bits per heavy atom. The number of anilines is 2. The predicted molar refractivity (Wildman–Crippen MR) is 144 cm³/mol. The Bertz CT molecular complexity index is 1120. The Labute approximate surface area is 219 Å². The lowest BCUT2D eigenvalue weighted by Crippen LogP contribution is -2.39. The summed E-state index contributed by atoms with van der Waals surface area (Å²) in [7, 11) is 3.32. The second kappa shape index (κ2) is 11.9. The number of nitrogens with one attached hydrogen (secondary N) is 3.